The number of hydrogen-bond acceptors (Lipinski definition) is 5. The van der Waals surface area contributed by atoms with Crippen LogP contribution in [0.1, 0.15) is 0 Å². The van der Waals surface area contributed by atoms with Crippen molar-refractivity contribution in [3.63, 3.8) is 0 Å². The highest BCUT2D eigenvalue weighted by molar-refractivity contribution is 7.92. The van der Waals surface area contributed by atoms with Gasteiger partial charge in [0.15, 0.2) is 9.84 Å². The zero-order valence-electron chi connectivity index (χ0n) is 11.1. The molecule has 2 aromatic rings. The maximum atomic E-state index is 12.2. The fourth-order valence-corrected chi connectivity index (χ4v) is 3.36. The first-order valence-corrected chi connectivity index (χ1v) is 9.24. The van der Waals surface area contributed by atoms with Crippen molar-refractivity contribution in [3.05, 3.63) is 48.5 Å². The van der Waals surface area contributed by atoms with Gasteiger partial charge in [-0.1, -0.05) is 6.07 Å². The molecule has 21 heavy (non-hydrogen) atoms. The van der Waals surface area contributed by atoms with E-state index < -0.39 is 19.9 Å². The molecule has 0 saturated carbocycles. The summed E-state index contributed by atoms with van der Waals surface area (Å²) < 4.78 is 49.4. The van der Waals surface area contributed by atoms with Gasteiger partial charge in [0.25, 0.3) is 10.0 Å². The monoisotopic (exact) mass is 326 g/mol. The van der Waals surface area contributed by atoms with Gasteiger partial charge in [0.1, 0.15) is 0 Å². The highest BCUT2D eigenvalue weighted by Gasteiger charge is 2.15. The summed E-state index contributed by atoms with van der Waals surface area (Å²) >= 11 is 0. The van der Waals surface area contributed by atoms with Crippen LogP contribution in [0.15, 0.2) is 58.3 Å². The Morgan fingerprint density at radius 2 is 1.48 bits per heavy atom. The van der Waals surface area contributed by atoms with E-state index in [1.807, 2.05) is 0 Å². The van der Waals surface area contributed by atoms with E-state index in [0.29, 0.717) is 11.4 Å². The van der Waals surface area contributed by atoms with E-state index >= 15 is 0 Å². The molecule has 0 aromatic heterocycles. The molecular formula is C13H14N2O4S2. The van der Waals surface area contributed by atoms with Crippen LogP contribution in [-0.2, 0) is 19.9 Å². The highest BCUT2D eigenvalue weighted by Crippen LogP contribution is 2.19. The normalized spacial score (nSPS) is 12.0. The minimum absolute atomic E-state index is 0.0303. The molecule has 0 radical (unpaired) electrons. The van der Waals surface area contributed by atoms with Crippen molar-refractivity contribution in [2.75, 3.05) is 16.7 Å². The van der Waals surface area contributed by atoms with Gasteiger partial charge in [0.05, 0.1) is 15.5 Å². The quantitative estimate of drug-likeness (QED) is 0.828. The van der Waals surface area contributed by atoms with Crippen molar-refractivity contribution in [1.29, 1.82) is 0 Å². The number of sulfone groups is 1. The number of rotatable bonds is 4. The molecule has 0 spiro atoms. The molecule has 6 nitrogen and oxygen atoms in total. The van der Waals surface area contributed by atoms with Crippen molar-refractivity contribution >= 4 is 31.2 Å². The predicted molar refractivity (Wildman–Crippen MR) is 81.2 cm³/mol. The van der Waals surface area contributed by atoms with Gasteiger partial charge in [-0.25, -0.2) is 16.8 Å². The maximum absolute atomic E-state index is 12.2. The molecule has 0 aliphatic heterocycles. The SMILES string of the molecule is CS(=O)(=O)c1ccc(S(=O)(=O)Nc2cccc(N)c2)cc1. The van der Waals surface area contributed by atoms with Gasteiger partial charge in [0, 0.05) is 11.9 Å². The molecule has 0 fully saturated rings. The van der Waals surface area contributed by atoms with Crippen LogP contribution in [0.4, 0.5) is 11.4 Å². The Hall–Kier alpha value is -2.06. The molecule has 0 atom stereocenters. The first-order valence-electron chi connectivity index (χ1n) is 5.87. The zero-order chi connectivity index (χ0) is 15.7. The van der Waals surface area contributed by atoms with Crippen LogP contribution in [0.2, 0.25) is 0 Å². The molecule has 0 aliphatic carbocycles. The van der Waals surface area contributed by atoms with Gasteiger partial charge in [0.2, 0.25) is 0 Å². The second-order valence-corrected chi connectivity index (χ2v) is 8.17. The molecular weight excluding hydrogens is 312 g/mol. The van der Waals surface area contributed by atoms with Crippen molar-refractivity contribution in [3.8, 4) is 0 Å². The average molecular weight is 326 g/mol. The number of anilines is 2. The summed E-state index contributed by atoms with van der Waals surface area (Å²) in [6.45, 7) is 0. The van der Waals surface area contributed by atoms with Gasteiger partial charge in [-0.2, -0.15) is 0 Å². The Bertz CT molecular complexity index is 857. The molecule has 0 heterocycles. The van der Waals surface area contributed by atoms with Crippen LogP contribution in [0.3, 0.4) is 0 Å². The van der Waals surface area contributed by atoms with E-state index in [0.717, 1.165) is 6.26 Å². The number of nitrogens with two attached hydrogens (primary N) is 1. The molecule has 0 amide bonds. The average Bonchev–Trinajstić information content (AvgIpc) is 2.37. The Balaban J connectivity index is 2.32. The van der Waals surface area contributed by atoms with E-state index in [-0.39, 0.29) is 9.79 Å². The summed E-state index contributed by atoms with van der Waals surface area (Å²) in [6, 6.07) is 11.3. The highest BCUT2D eigenvalue weighted by atomic mass is 32.2. The molecule has 0 aliphatic rings. The van der Waals surface area contributed by atoms with Gasteiger partial charge in [-0.15, -0.1) is 0 Å². The van der Waals surface area contributed by atoms with Crippen LogP contribution >= 0.6 is 0 Å². The largest absolute Gasteiger partial charge is 0.399 e. The van der Waals surface area contributed by atoms with Gasteiger partial charge in [-0.3, -0.25) is 4.72 Å². The van der Waals surface area contributed by atoms with Crippen molar-refractivity contribution < 1.29 is 16.8 Å². The lowest BCUT2D eigenvalue weighted by atomic mass is 10.3. The second-order valence-electron chi connectivity index (χ2n) is 4.47. The summed E-state index contributed by atoms with van der Waals surface area (Å²) in [5.41, 5.74) is 6.35. The number of benzene rings is 2. The third-order valence-electron chi connectivity index (χ3n) is 2.70. The third-order valence-corrected chi connectivity index (χ3v) is 5.23. The van der Waals surface area contributed by atoms with Crippen LogP contribution in [0, 0.1) is 0 Å². The summed E-state index contributed by atoms with van der Waals surface area (Å²) in [5.74, 6) is 0. The van der Waals surface area contributed by atoms with Crippen LogP contribution in [0.25, 0.3) is 0 Å². The third kappa shape index (κ3) is 3.73. The molecule has 112 valence electrons. The van der Waals surface area contributed by atoms with Gasteiger partial charge >= 0.3 is 0 Å². The lowest BCUT2D eigenvalue weighted by Crippen LogP contribution is -2.13. The first kappa shape index (κ1) is 15.3. The van der Waals surface area contributed by atoms with E-state index in [1.165, 1.54) is 30.3 Å². The number of hydrogen-bond donors (Lipinski definition) is 2. The smallest absolute Gasteiger partial charge is 0.261 e. The molecule has 0 saturated heterocycles. The van der Waals surface area contributed by atoms with E-state index in [4.69, 9.17) is 5.73 Å². The Kier molecular flexibility index (Phi) is 3.93. The molecule has 3 N–H and O–H groups in total. The minimum atomic E-state index is -3.79. The number of nitrogen functional groups attached to an aromatic ring is 1. The summed E-state index contributed by atoms with van der Waals surface area (Å²) in [4.78, 5) is 0.0303. The van der Waals surface area contributed by atoms with E-state index in [2.05, 4.69) is 4.72 Å². The Morgan fingerprint density at radius 1 is 0.905 bits per heavy atom. The van der Waals surface area contributed by atoms with Crippen LogP contribution in [-0.4, -0.2) is 23.1 Å². The van der Waals surface area contributed by atoms with Crippen molar-refractivity contribution in [2.45, 2.75) is 9.79 Å². The molecule has 2 rings (SSSR count). The fraction of sp³-hybridized carbons (Fsp3) is 0.0769. The summed E-state index contributed by atoms with van der Waals surface area (Å²) in [5, 5.41) is 0. The lowest BCUT2D eigenvalue weighted by Gasteiger charge is -2.09. The molecule has 0 unspecified atom stereocenters. The minimum Gasteiger partial charge on any atom is -0.399 e. The summed E-state index contributed by atoms with van der Waals surface area (Å²) in [7, 11) is -7.15. The predicted octanol–water partition coefficient (Wildman–Crippen LogP) is 1.47. The van der Waals surface area contributed by atoms with Crippen LogP contribution in [0.5, 0.6) is 0 Å². The summed E-state index contributed by atoms with van der Waals surface area (Å²) in [6.07, 6.45) is 1.06. The molecule has 0 bridgehead atoms. The fourth-order valence-electron chi connectivity index (χ4n) is 1.68. The first-order chi connectivity index (χ1) is 9.68. The standard InChI is InChI=1S/C13H14N2O4S2/c1-20(16,17)12-5-7-13(8-6-12)21(18,19)15-11-4-2-3-10(14)9-11/h2-9,15H,14H2,1H3. The van der Waals surface area contributed by atoms with E-state index in [1.54, 1.807) is 18.2 Å². The maximum Gasteiger partial charge on any atom is 0.261 e. The van der Waals surface area contributed by atoms with Gasteiger partial charge < -0.3 is 5.73 Å². The van der Waals surface area contributed by atoms with E-state index in [9.17, 15) is 16.8 Å². The number of sulfonamides is 1. The topological polar surface area (TPSA) is 106 Å². The molecule has 2 aromatic carbocycles. The van der Waals surface area contributed by atoms with Gasteiger partial charge in [-0.05, 0) is 42.5 Å². The molecule has 8 heteroatoms. The van der Waals surface area contributed by atoms with Crippen LogP contribution < -0.4 is 10.5 Å². The Morgan fingerprint density at radius 3 is 2.00 bits per heavy atom. The van der Waals surface area contributed by atoms with Crippen molar-refractivity contribution in [1.82, 2.24) is 0 Å². The second kappa shape index (κ2) is 5.38. The number of nitrogens with one attached hydrogen (secondary N) is 1. The van der Waals surface area contributed by atoms with Crippen molar-refractivity contribution in [2.24, 2.45) is 0 Å². The Labute approximate surface area is 123 Å². The lowest BCUT2D eigenvalue weighted by molar-refractivity contribution is 0.597. The zero-order valence-corrected chi connectivity index (χ0v) is 12.8.